The summed E-state index contributed by atoms with van der Waals surface area (Å²) in [6, 6.07) is 8.14. The molecule has 0 fully saturated rings. The monoisotopic (exact) mass is 376 g/mol. The highest BCUT2D eigenvalue weighted by Crippen LogP contribution is 2.26. The molecular formula is C15H13IN4. The number of halogens is 1. The van der Waals surface area contributed by atoms with Crippen molar-refractivity contribution >= 4 is 39.2 Å². The van der Waals surface area contributed by atoms with Crippen molar-refractivity contribution in [1.82, 2.24) is 15.0 Å². The number of benzene rings is 1. The molecule has 1 aromatic carbocycles. The van der Waals surface area contributed by atoms with E-state index in [0.717, 1.165) is 32.3 Å². The molecule has 100 valence electrons. The Labute approximate surface area is 130 Å². The van der Waals surface area contributed by atoms with Gasteiger partial charge < -0.3 is 5.32 Å². The smallest absolute Gasteiger partial charge is 0.163 e. The van der Waals surface area contributed by atoms with Gasteiger partial charge in [0.15, 0.2) is 5.82 Å². The third-order valence-electron chi connectivity index (χ3n) is 3.00. The zero-order valence-corrected chi connectivity index (χ0v) is 13.1. The number of rotatable bonds is 3. The normalized spacial score (nSPS) is 10.7. The fourth-order valence-corrected chi connectivity index (χ4v) is 2.53. The minimum absolute atomic E-state index is 0.700. The van der Waals surface area contributed by atoms with Gasteiger partial charge in [-0.05, 0) is 34.9 Å². The Bertz CT molecular complexity index is 752. The summed E-state index contributed by atoms with van der Waals surface area (Å²) in [5.74, 6) is 1.57. The van der Waals surface area contributed by atoms with Crippen LogP contribution in [0.15, 0.2) is 42.9 Å². The van der Waals surface area contributed by atoms with Crippen molar-refractivity contribution in [3.8, 4) is 11.4 Å². The van der Waals surface area contributed by atoms with Crippen molar-refractivity contribution in [1.29, 1.82) is 0 Å². The van der Waals surface area contributed by atoms with E-state index in [0.29, 0.717) is 5.82 Å². The van der Waals surface area contributed by atoms with Gasteiger partial charge in [0.05, 0.1) is 3.57 Å². The van der Waals surface area contributed by atoms with Crippen molar-refractivity contribution in [2.45, 2.75) is 6.92 Å². The van der Waals surface area contributed by atoms with Crippen molar-refractivity contribution in [2.24, 2.45) is 0 Å². The molecule has 3 rings (SSSR count). The standard InChI is InChI=1S/C15H13IN4/c1-2-18-15-13(16)9-19-14(20-15)12-8-17-7-10-5-3-4-6-11(10)12/h3-9H,2H2,1H3,(H,18,19,20). The molecule has 0 amide bonds. The van der Waals surface area contributed by atoms with Gasteiger partial charge in [0.1, 0.15) is 5.82 Å². The maximum Gasteiger partial charge on any atom is 0.163 e. The molecule has 2 aromatic heterocycles. The number of fused-ring (bicyclic) bond motifs is 1. The Morgan fingerprint density at radius 1 is 1.15 bits per heavy atom. The van der Waals surface area contributed by atoms with Crippen LogP contribution in [0, 0.1) is 3.57 Å². The summed E-state index contributed by atoms with van der Waals surface area (Å²) in [4.78, 5) is 13.3. The first-order chi connectivity index (χ1) is 9.79. The minimum Gasteiger partial charge on any atom is -0.369 e. The summed E-state index contributed by atoms with van der Waals surface area (Å²) in [6.07, 6.45) is 5.51. The van der Waals surface area contributed by atoms with Gasteiger partial charge in [-0.1, -0.05) is 24.3 Å². The highest BCUT2D eigenvalue weighted by Gasteiger charge is 2.09. The molecule has 0 spiro atoms. The van der Waals surface area contributed by atoms with Gasteiger partial charge in [-0.3, -0.25) is 4.98 Å². The second-order valence-electron chi connectivity index (χ2n) is 4.33. The van der Waals surface area contributed by atoms with Crippen LogP contribution < -0.4 is 5.32 Å². The molecule has 0 saturated heterocycles. The molecule has 0 bridgehead atoms. The van der Waals surface area contributed by atoms with Gasteiger partial charge in [-0.2, -0.15) is 0 Å². The highest BCUT2D eigenvalue weighted by atomic mass is 127. The van der Waals surface area contributed by atoms with E-state index >= 15 is 0 Å². The molecule has 0 saturated carbocycles. The zero-order chi connectivity index (χ0) is 13.9. The maximum atomic E-state index is 4.61. The summed E-state index contributed by atoms with van der Waals surface area (Å²) in [5, 5.41) is 5.47. The molecule has 0 atom stereocenters. The predicted octanol–water partition coefficient (Wildman–Crippen LogP) is 3.73. The number of nitrogens with one attached hydrogen (secondary N) is 1. The molecule has 0 aliphatic carbocycles. The Hall–Kier alpha value is -1.76. The Balaban J connectivity index is 2.18. The average Bonchev–Trinajstić information content (AvgIpc) is 2.49. The lowest BCUT2D eigenvalue weighted by atomic mass is 10.1. The van der Waals surface area contributed by atoms with E-state index < -0.39 is 0 Å². The zero-order valence-electron chi connectivity index (χ0n) is 11.0. The highest BCUT2D eigenvalue weighted by molar-refractivity contribution is 14.1. The molecular weight excluding hydrogens is 363 g/mol. The van der Waals surface area contributed by atoms with Gasteiger partial charge in [0.2, 0.25) is 0 Å². The number of hydrogen-bond acceptors (Lipinski definition) is 4. The van der Waals surface area contributed by atoms with Crippen LogP contribution in [-0.4, -0.2) is 21.5 Å². The van der Waals surface area contributed by atoms with Crippen molar-refractivity contribution < 1.29 is 0 Å². The molecule has 0 radical (unpaired) electrons. The summed E-state index contributed by atoms with van der Waals surface area (Å²) < 4.78 is 1.02. The third-order valence-corrected chi connectivity index (χ3v) is 3.79. The van der Waals surface area contributed by atoms with Crippen LogP contribution in [0.3, 0.4) is 0 Å². The molecule has 4 nitrogen and oxygen atoms in total. The number of aromatic nitrogens is 3. The second kappa shape index (κ2) is 5.70. The van der Waals surface area contributed by atoms with Crippen LogP contribution in [0.2, 0.25) is 0 Å². The second-order valence-corrected chi connectivity index (χ2v) is 5.49. The topological polar surface area (TPSA) is 50.7 Å². The first-order valence-corrected chi connectivity index (χ1v) is 7.47. The molecule has 1 N–H and O–H groups in total. The largest absolute Gasteiger partial charge is 0.369 e. The van der Waals surface area contributed by atoms with Crippen LogP contribution in [0.25, 0.3) is 22.2 Å². The summed E-state index contributed by atoms with van der Waals surface area (Å²) >= 11 is 2.23. The fourth-order valence-electron chi connectivity index (χ4n) is 2.08. The third kappa shape index (κ3) is 2.45. The first kappa shape index (κ1) is 13.2. The molecule has 3 aromatic rings. The van der Waals surface area contributed by atoms with Crippen LogP contribution >= 0.6 is 22.6 Å². The van der Waals surface area contributed by atoms with Gasteiger partial charge in [-0.25, -0.2) is 9.97 Å². The average molecular weight is 376 g/mol. The van der Waals surface area contributed by atoms with E-state index in [2.05, 4.69) is 55.8 Å². The maximum absolute atomic E-state index is 4.61. The van der Waals surface area contributed by atoms with E-state index in [-0.39, 0.29) is 0 Å². The van der Waals surface area contributed by atoms with Crippen LogP contribution in [0.4, 0.5) is 5.82 Å². The van der Waals surface area contributed by atoms with Gasteiger partial charge >= 0.3 is 0 Å². The molecule has 0 unspecified atom stereocenters. The van der Waals surface area contributed by atoms with E-state index in [1.165, 1.54) is 0 Å². The Morgan fingerprint density at radius 2 is 2.00 bits per heavy atom. The van der Waals surface area contributed by atoms with Crippen LogP contribution in [0.1, 0.15) is 6.92 Å². The van der Waals surface area contributed by atoms with E-state index in [4.69, 9.17) is 0 Å². The van der Waals surface area contributed by atoms with Crippen LogP contribution in [0.5, 0.6) is 0 Å². The van der Waals surface area contributed by atoms with E-state index in [9.17, 15) is 0 Å². The summed E-state index contributed by atoms with van der Waals surface area (Å²) in [7, 11) is 0. The quantitative estimate of drug-likeness (QED) is 0.708. The number of anilines is 1. The number of hydrogen-bond donors (Lipinski definition) is 1. The van der Waals surface area contributed by atoms with Crippen molar-refractivity contribution in [3.05, 3.63) is 46.4 Å². The predicted molar refractivity (Wildman–Crippen MR) is 89.6 cm³/mol. The lowest BCUT2D eigenvalue weighted by molar-refractivity contribution is 1.10. The first-order valence-electron chi connectivity index (χ1n) is 6.39. The minimum atomic E-state index is 0.700. The van der Waals surface area contributed by atoms with E-state index in [1.54, 1.807) is 0 Å². The Kier molecular flexibility index (Phi) is 3.77. The molecule has 0 aliphatic rings. The van der Waals surface area contributed by atoms with Gasteiger partial charge in [0.25, 0.3) is 0 Å². The van der Waals surface area contributed by atoms with Gasteiger partial charge in [0, 0.05) is 36.1 Å². The number of pyridine rings is 1. The van der Waals surface area contributed by atoms with Crippen LogP contribution in [-0.2, 0) is 0 Å². The molecule has 5 heteroatoms. The lowest BCUT2D eigenvalue weighted by Crippen LogP contribution is -2.04. The van der Waals surface area contributed by atoms with E-state index in [1.807, 2.05) is 36.8 Å². The molecule has 20 heavy (non-hydrogen) atoms. The molecule has 0 aliphatic heterocycles. The van der Waals surface area contributed by atoms with Crippen molar-refractivity contribution in [2.75, 3.05) is 11.9 Å². The molecule has 2 heterocycles. The van der Waals surface area contributed by atoms with Crippen molar-refractivity contribution in [3.63, 3.8) is 0 Å². The summed E-state index contributed by atoms with van der Waals surface area (Å²) in [5.41, 5.74) is 0.957. The van der Waals surface area contributed by atoms with Gasteiger partial charge in [-0.15, -0.1) is 0 Å². The number of nitrogens with zero attached hydrogens (tertiary/aromatic N) is 3. The Morgan fingerprint density at radius 3 is 2.85 bits per heavy atom. The fraction of sp³-hybridized carbons (Fsp3) is 0.133. The lowest BCUT2D eigenvalue weighted by Gasteiger charge is -2.08. The summed E-state index contributed by atoms with van der Waals surface area (Å²) in [6.45, 7) is 2.89. The SMILES string of the molecule is CCNc1nc(-c2cncc3ccccc23)ncc1I.